The first-order valence-corrected chi connectivity index (χ1v) is 5.04. The number of hydrogen-bond acceptors (Lipinski definition) is 4. The fraction of sp³-hybridized carbons (Fsp3) is 0.417. The third kappa shape index (κ3) is 2.10. The van der Waals surface area contributed by atoms with E-state index >= 15 is 0 Å². The molecule has 4 nitrogen and oxygen atoms in total. The summed E-state index contributed by atoms with van der Waals surface area (Å²) in [4.78, 5) is 0. The van der Waals surface area contributed by atoms with Crippen molar-refractivity contribution in [3.8, 4) is 17.6 Å². The molecule has 0 bridgehead atoms. The van der Waals surface area contributed by atoms with Crippen molar-refractivity contribution in [2.24, 2.45) is 5.73 Å². The number of nitrogens with zero attached hydrogens (tertiary/aromatic N) is 1. The molecule has 86 valence electrons. The maximum Gasteiger partial charge on any atom is 0.161 e. The van der Waals surface area contributed by atoms with Crippen molar-refractivity contribution >= 4 is 0 Å². The van der Waals surface area contributed by atoms with E-state index in [1.807, 2.05) is 6.92 Å². The first-order chi connectivity index (χ1) is 7.61. The zero-order chi connectivity index (χ0) is 12.2. The third-order valence-corrected chi connectivity index (χ3v) is 2.66. The fourth-order valence-electron chi connectivity index (χ4n) is 1.46. The van der Waals surface area contributed by atoms with Crippen LogP contribution in [-0.4, -0.2) is 14.2 Å². The lowest BCUT2D eigenvalue weighted by Gasteiger charge is -2.21. The first kappa shape index (κ1) is 12.3. The Bertz CT molecular complexity index is 412. The molecule has 16 heavy (non-hydrogen) atoms. The number of hydrogen-bond donors (Lipinski definition) is 1. The van der Waals surface area contributed by atoms with Gasteiger partial charge in [-0.1, -0.05) is 13.0 Å². The van der Waals surface area contributed by atoms with Crippen molar-refractivity contribution in [3.63, 3.8) is 0 Å². The van der Waals surface area contributed by atoms with Crippen LogP contribution in [0.4, 0.5) is 0 Å². The number of nitriles is 1. The molecule has 0 heterocycles. The van der Waals surface area contributed by atoms with Gasteiger partial charge in [-0.3, -0.25) is 0 Å². The molecule has 0 aromatic heterocycles. The van der Waals surface area contributed by atoms with Gasteiger partial charge >= 0.3 is 0 Å². The van der Waals surface area contributed by atoms with Crippen molar-refractivity contribution < 1.29 is 9.47 Å². The summed E-state index contributed by atoms with van der Waals surface area (Å²) >= 11 is 0. The summed E-state index contributed by atoms with van der Waals surface area (Å²) in [6.45, 7) is 1.87. The molecular weight excluding hydrogens is 204 g/mol. The average molecular weight is 220 g/mol. The number of rotatable bonds is 4. The van der Waals surface area contributed by atoms with Gasteiger partial charge in [0.05, 0.1) is 20.3 Å². The van der Waals surface area contributed by atoms with E-state index in [4.69, 9.17) is 20.5 Å². The Morgan fingerprint density at radius 1 is 1.31 bits per heavy atom. The average Bonchev–Trinajstić information content (AvgIpc) is 2.36. The lowest BCUT2D eigenvalue weighted by Crippen LogP contribution is -2.33. The predicted molar refractivity (Wildman–Crippen MR) is 61.3 cm³/mol. The van der Waals surface area contributed by atoms with Crippen LogP contribution in [0.5, 0.6) is 11.5 Å². The molecule has 0 fully saturated rings. The van der Waals surface area contributed by atoms with E-state index in [1.165, 1.54) is 0 Å². The first-order valence-electron chi connectivity index (χ1n) is 5.04. The van der Waals surface area contributed by atoms with Gasteiger partial charge in [0.15, 0.2) is 11.5 Å². The van der Waals surface area contributed by atoms with Gasteiger partial charge in [-0.15, -0.1) is 0 Å². The highest BCUT2D eigenvalue weighted by molar-refractivity contribution is 5.46. The maximum absolute atomic E-state index is 9.08. The molecule has 1 rings (SSSR count). The van der Waals surface area contributed by atoms with E-state index in [-0.39, 0.29) is 0 Å². The molecule has 0 saturated carbocycles. The lowest BCUT2D eigenvalue weighted by molar-refractivity contribution is 0.353. The fourth-order valence-corrected chi connectivity index (χ4v) is 1.46. The van der Waals surface area contributed by atoms with E-state index in [2.05, 4.69) is 6.07 Å². The van der Waals surface area contributed by atoms with Crippen molar-refractivity contribution in [1.29, 1.82) is 5.26 Å². The number of methoxy groups -OCH3 is 2. The van der Waals surface area contributed by atoms with Gasteiger partial charge in [0.25, 0.3) is 0 Å². The second kappa shape index (κ2) is 4.86. The van der Waals surface area contributed by atoms with Crippen LogP contribution < -0.4 is 15.2 Å². The topological polar surface area (TPSA) is 68.3 Å². The molecule has 0 saturated heterocycles. The minimum atomic E-state index is -0.973. The Hall–Kier alpha value is -1.73. The van der Waals surface area contributed by atoms with Gasteiger partial charge in [-0.05, 0) is 24.1 Å². The van der Waals surface area contributed by atoms with Crippen LogP contribution in [0.2, 0.25) is 0 Å². The largest absolute Gasteiger partial charge is 0.493 e. The summed E-state index contributed by atoms with van der Waals surface area (Å²) in [6.07, 6.45) is 0.541. The Labute approximate surface area is 95.6 Å². The summed E-state index contributed by atoms with van der Waals surface area (Å²) in [5, 5.41) is 9.08. The Balaban J connectivity index is 3.23. The Kier molecular flexibility index (Phi) is 3.75. The van der Waals surface area contributed by atoms with Crippen molar-refractivity contribution in [2.45, 2.75) is 18.9 Å². The van der Waals surface area contributed by atoms with E-state index < -0.39 is 5.54 Å². The van der Waals surface area contributed by atoms with E-state index in [9.17, 15) is 0 Å². The molecule has 1 aromatic rings. The van der Waals surface area contributed by atoms with Crippen LogP contribution in [0.15, 0.2) is 18.2 Å². The van der Waals surface area contributed by atoms with Crippen LogP contribution >= 0.6 is 0 Å². The van der Waals surface area contributed by atoms with Crippen LogP contribution in [0, 0.1) is 11.3 Å². The van der Waals surface area contributed by atoms with Gasteiger partial charge in [0, 0.05) is 0 Å². The number of nitrogens with two attached hydrogens (primary N) is 1. The van der Waals surface area contributed by atoms with Gasteiger partial charge in [0.1, 0.15) is 5.54 Å². The van der Waals surface area contributed by atoms with Crippen molar-refractivity contribution in [1.82, 2.24) is 0 Å². The molecule has 4 heteroatoms. The predicted octanol–water partition coefficient (Wildman–Crippen LogP) is 1.79. The molecule has 1 atom stereocenters. The lowest BCUT2D eigenvalue weighted by atomic mass is 9.90. The normalized spacial score (nSPS) is 13.7. The second-order valence-electron chi connectivity index (χ2n) is 3.51. The summed E-state index contributed by atoms with van der Waals surface area (Å²) < 4.78 is 10.3. The summed E-state index contributed by atoms with van der Waals surface area (Å²) in [5.41, 5.74) is 5.73. The minimum absolute atomic E-state index is 0.541. The summed E-state index contributed by atoms with van der Waals surface area (Å²) in [7, 11) is 3.12. The zero-order valence-electron chi connectivity index (χ0n) is 9.78. The SMILES string of the molecule is CCC(N)(C#N)c1ccc(OC)c(OC)c1. The highest BCUT2D eigenvalue weighted by atomic mass is 16.5. The Morgan fingerprint density at radius 3 is 2.38 bits per heavy atom. The molecule has 0 spiro atoms. The molecule has 1 aromatic carbocycles. The van der Waals surface area contributed by atoms with Crippen molar-refractivity contribution in [2.75, 3.05) is 14.2 Å². The molecule has 2 N–H and O–H groups in total. The van der Waals surface area contributed by atoms with E-state index in [0.717, 1.165) is 5.56 Å². The minimum Gasteiger partial charge on any atom is -0.493 e. The molecule has 0 aliphatic carbocycles. The molecule has 0 aliphatic rings. The monoisotopic (exact) mass is 220 g/mol. The molecule has 0 radical (unpaired) electrons. The smallest absolute Gasteiger partial charge is 0.161 e. The standard InChI is InChI=1S/C12H16N2O2/c1-4-12(14,8-13)9-5-6-10(15-2)11(7-9)16-3/h5-7H,4,14H2,1-3H3. The molecule has 0 aliphatic heterocycles. The molecule has 0 amide bonds. The highest BCUT2D eigenvalue weighted by Gasteiger charge is 2.25. The van der Waals surface area contributed by atoms with Crippen LogP contribution in [0.3, 0.4) is 0 Å². The van der Waals surface area contributed by atoms with Crippen molar-refractivity contribution in [3.05, 3.63) is 23.8 Å². The van der Waals surface area contributed by atoms with Gasteiger partial charge in [-0.2, -0.15) is 5.26 Å². The van der Waals surface area contributed by atoms with Gasteiger partial charge < -0.3 is 15.2 Å². The highest BCUT2D eigenvalue weighted by Crippen LogP contribution is 2.32. The van der Waals surface area contributed by atoms with Gasteiger partial charge in [0.2, 0.25) is 0 Å². The second-order valence-corrected chi connectivity index (χ2v) is 3.51. The zero-order valence-corrected chi connectivity index (χ0v) is 9.78. The number of benzene rings is 1. The van der Waals surface area contributed by atoms with E-state index in [1.54, 1.807) is 32.4 Å². The summed E-state index contributed by atoms with van der Waals surface area (Å²) in [6, 6.07) is 7.39. The third-order valence-electron chi connectivity index (χ3n) is 2.66. The van der Waals surface area contributed by atoms with Crippen LogP contribution in [0.25, 0.3) is 0 Å². The Morgan fingerprint density at radius 2 is 1.94 bits per heavy atom. The molecular formula is C12H16N2O2. The van der Waals surface area contributed by atoms with Crippen LogP contribution in [-0.2, 0) is 5.54 Å². The number of ether oxygens (including phenoxy) is 2. The quantitative estimate of drug-likeness (QED) is 0.840. The van der Waals surface area contributed by atoms with Crippen LogP contribution in [0.1, 0.15) is 18.9 Å². The molecule has 1 unspecified atom stereocenters. The van der Waals surface area contributed by atoms with Gasteiger partial charge in [-0.25, -0.2) is 0 Å². The summed E-state index contributed by atoms with van der Waals surface area (Å²) in [5.74, 6) is 1.21. The maximum atomic E-state index is 9.08. The van der Waals surface area contributed by atoms with E-state index in [0.29, 0.717) is 17.9 Å².